The SMILES string of the molecule is CC[C@]12CC[C@@H](C(C)C)[C@@H]1[C@H]1CC[C@@H]3[C@@]4(C)CC=C(c5ccc(C(=O)O)cc5)C(C)(C)[C@@H]4CC[C@@]3(C)[C@]1(C)CC2. The monoisotopic (exact) mass is 544 g/mol. The Bertz CT molecular complexity index is 1190. The summed E-state index contributed by atoms with van der Waals surface area (Å²) in [6.45, 7) is 20.8. The zero-order chi connectivity index (χ0) is 28.9. The molecule has 0 unspecified atom stereocenters. The Morgan fingerprint density at radius 2 is 1.57 bits per heavy atom. The first-order valence-corrected chi connectivity index (χ1v) is 16.8. The molecule has 1 aromatic rings. The van der Waals surface area contributed by atoms with Gasteiger partial charge in [0, 0.05) is 0 Å². The predicted octanol–water partition coefficient (Wildman–Crippen LogP) is 10.5. The molecule has 0 bridgehead atoms. The first kappa shape index (κ1) is 28.5. The van der Waals surface area contributed by atoms with Gasteiger partial charge in [-0.1, -0.05) is 80.0 Å². The summed E-state index contributed by atoms with van der Waals surface area (Å²) < 4.78 is 0. The van der Waals surface area contributed by atoms with Crippen LogP contribution in [0.15, 0.2) is 30.3 Å². The van der Waals surface area contributed by atoms with Gasteiger partial charge in [0.1, 0.15) is 0 Å². The van der Waals surface area contributed by atoms with Gasteiger partial charge >= 0.3 is 5.97 Å². The van der Waals surface area contributed by atoms with Gasteiger partial charge in [-0.15, -0.1) is 0 Å². The Balaban J connectivity index is 1.36. The van der Waals surface area contributed by atoms with Crippen molar-refractivity contribution in [3.63, 3.8) is 0 Å². The Kier molecular flexibility index (Phi) is 6.57. The molecule has 0 radical (unpaired) electrons. The first-order valence-electron chi connectivity index (χ1n) is 16.8. The molecule has 0 aromatic heterocycles. The standard InChI is InChI=1S/C38H56O2/c1-9-38-21-16-27(24(2)3)32(38)29-14-15-31-35(6)19-17-28(25-10-12-26(13-11-25)33(39)40)34(4,5)30(35)18-20-37(31,8)36(29,7)22-23-38/h10-13,17,24,27,29-32H,9,14-16,18-23H2,1-8H3,(H,39,40)/t27-,29+,30-,31+,32+,35-,36+,37+,38+/m0/s1. The van der Waals surface area contributed by atoms with Crippen molar-refractivity contribution in [2.24, 2.45) is 62.6 Å². The number of carbonyl (C=O) groups is 1. The van der Waals surface area contributed by atoms with Crippen molar-refractivity contribution < 1.29 is 9.90 Å². The predicted molar refractivity (Wildman–Crippen MR) is 166 cm³/mol. The third-order valence-corrected chi connectivity index (χ3v) is 15.2. The molecular formula is C38H56O2. The Labute approximate surface area is 244 Å². The second kappa shape index (κ2) is 9.21. The van der Waals surface area contributed by atoms with Crippen LogP contribution in [0.25, 0.3) is 5.57 Å². The molecule has 0 saturated heterocycles. The molecular weight excluding hydrogens is 488 g/mol. The van der Waals surface area contributed by atoms with E-state index in [-0.39, 0.29) is 5.41 Å². The number of rotatable bonds is 4. The molecule has 220 valence electrons. The van der Waals surface area contributed by atoms with Gasteiger partial charge in [-0.2, -0.15) is 0 Å². The second-order valence-electron chi connectivity index (χ2n) is 16.8. The van der Waals surface area contributed by atoms with Crippen LogP contribution in [0.5, 0.6) is 0 Å². The highest BCUT2D eigenvalue weighted by Gasteiger charge is 2.70. The number of fused-ring (bicyclic) bond motifs is 7. The van der Waals surface area contributed by atoms with E-state index in [1.807, 2.05) is 12.1 Å². The van der Waals surface area contributed by atoms with Crippen LogP contribution in [0.2, 0.25) is 0 Å². The topological polar surface area (TPSA) is 37.3 Å². The quantitative estimate of drug-likeness (QED) is 0.409. The van der Waals surface area contributed by atoms with Gasteiger partial charge in [-0.3, -0.25) is 0 Å². The minimum atomic E-state index is -0.845. The van der Waals surface area contributed by atoms with E-state index in [2.05, 4.69) is 61.5 Å². The Morgan fingerprint density at radius 1 is 0.875 bits per heavy atom. The Hall–Kier alpha value is -1.57. The number of benzene rings is 1. The normalized spacial score (nSPS) is 45.6. The van der Waals surface area contributed by atoms with E-state index in [0.29, 0.717) is 33.1 Å². The van der Waals surface area contributed by atoms with Crippen molar-refractivity contribution in [3.05, 3.63) is 41.5 Å². The lowest BCUT2D eigenvalue weighted by Gasteiger charge is -2.72. The minimum absolute atomic E-state index is 0.0783. The number of carboxylic acids is 1. The summed E-state index contributed by atoms with van der Waals surface area (Å²) in [5.41, 5.74) is 4.90. The molecule has 4 saturated carbocycles. The largest absolute Gasteiger partial charge is 0.478 e. The summed E-state index contributed by atoms with van der Waals surface area (Å²) >= 11 is 0. The maximum atomic E-state index is 11.5. The molecule has 6 rings (SSSR count). The summed E-state index contributed by atoms with van der Waals surface area (Å²) in [5.74, 6) is 4.15. The van der Waals surface area contributed by atoms with Crippen molar-refractivity contribution in [2.45, 2.75) is 120 Å². The lowest BCUT2D eigenvalue weighted by atomic mass is 9.32. The van der Waals surface area contributed by atoms with Crippen LogP contribution in [-0.4, -0.2) is 11.1 Å². The molecule has 5 aliphatic carbocycles. The average Bonchev–Trinajstić information content (AvgIpc) is 3.29. The van der Waals surface area contributed by atoms with Gasteiger partial charge in [-0.25, -0.2) is 4.79 Å². The lowest BCUT2D eigenvalue weighted by Crippen LogP contribution is -2.65. The van der Waals surface area contributed by atoms with E-state index in [4.69, 9.17) is 0 Å². The average molecular weight is 545 g/mol. The molecule has 0 spiro atoms. The van der Waals surface area contributed by atoms with Gasteiger partial charge in [0.05, 0.1) is 5.56 Å². The van der Waals surface area contributed by atoms with Crippen LogP contribution < -0.4 is 0 Å². The van der Waals surface area contributed by atoms with E-state index < -0.39 is 5.97 Å². The molecule has 40 heavy (non-hydrogen) atoms. The Morgan fingerprint density at radius 3 is 2.20 bits per heavy atom. The number of hydrogen-bond acceptors (Lipinski definition) is 1. The van der Waals surface area contributed by atoms with Gasteiger partial charge < -0.3 is 5.11 Å². The zero-order valence-corrected chi connectivity index (χ0v) is 26.8. The third kappa shape index (κ3) is 3.62. The molecule has 0 amide bonds. The van der Waals surface area contributed by atoms with E-state index in [0.717, 1.165) is 36.0 Å². The van der Waals surface area contributed by atoms with Crippen LogP contribution in [0, 0.1) is 62.6 Å². The molecule has 2 heteroatoms. The van der Waals surface area contributed by atoms with Gasteiger partial charge in [0.25, 0.3) is 0 Å². The van der Waals surface area contributed by atoms with Crippen LogP contribution in [0.1, 0.15) is 136 Å². The number of allylic oxidation sites excluding steroid dienone is 2. The minimum Gasteiger partial charge on any atom is -0.478 e. The summed E-state index contributed by atoms with van der Waals surface area (Å²) in [6.07, 6.45) is 16.5. The van der Waals surface area contributed by atoms with E-state index in [1.54, 1.807) is 12.1 Å². The van der Waals surface area contributed by atoms with E-state index >= 15 is 0 Å². The van der Waals surface area contributed by atoms with Crippen molar-refractivity contribution in [1.82, 2.24) is 0 Å². The zero-order valence-electron chi connectivity index (χ0n) is 26.8. The van der Waals surface area contributed by atoms with Gasteiger partial charge in [0.2, 0.25) is 0 Å². The summed E-state index contributed by atoms with van der Waals surface area (Å²) in [4.78, 5) is 11.5. The van der Waals surface area contributed by atoms with Crippen LogP contribution >= 0.6 is 0 Å². The van der Waals surface area contributed by atoms with Crippen LogP contribution in [0.3, 0.4) is 0 Å². The van der Waals surface area contributed by atoms with Crippen molar-refractivity contribution in [1.29, 1.82) is 0 Å². The maximum Gasteiger partial charge on any atom is 0.335 e. The highest BCUT2D eigenvalue weighted by atomic mass is 16.4. The maximum absolute atomic E-state index is 11.5. The van der Waals surface area contributed by atoms with Crippen LogP contribution in [-0.2, 0) is 0 Å². The van der Waals surface area contributed by atoms with Crippen molar-refractivity contribution in [2.75, 3.05) is 0 Å². The fraction of sp³-hybridized carbons (Fsp3) is 0.763. The second-order valence-corrected chi connectivity index (χ2v) is 16.8. The van der Waals surface area contributed by atoms with Gasteiger partial charge in [0.15, 0.2) is 0 Å². The number of carboxylic acid groups (broad SMARTS) is 1. The smallest absolute Gasteiger partial charge is 0.335 e. The fourth-order valence-corrected chi connectivity index (χ4v) is 13.0. The van der Waals surface area contributed by atoms with Crippen molar-refractivity contribution in [3.8, 4) is 0 Å². The van der Waals surface area contributed by atoms with Crippen LogP contribution in [0.4, 0.5) is 0 Å². The molecule has 4 fully saturated rings. The van der Waals surface area contributed by atoms with Gasteiger partial charge in [-0.05, 0) is 144 Å². The first-order chi connectivity index (χ1) is 18.7. The van der Waals surface area contributed by atoms with E-state index in [1.165, 1.54) is 68.9 Å². The fourth-order valence-electron chi connectivity index (χ4n) is 13.0. The molecule has 0 aliphatic heterocycles. The lowest BCUT2D eigenvalue weighted by molar-refractivity contribution is -0.228. The van der Waals surface area contributed by atoms with Crippen molar-refractivity contribution >= 4 is 11.5 Å². The molecule has 0 heterocycles. The third-order valence-electron chi connectivity index (χ3n) is 15.2. The van der Waals surface area contributed by atoms with E-state index in [9.17, 15) is 9.90 Å². The molecule has 1 N–H and O–H groups in total. The number of hydrogen-bond donors (Lipinski definition) is 1. The summed E-state index contributed by atoms with van der Waals surface area (Å²) in [6, 6.07) is 7.67. The number of aromatic carboxylic acids is 1. The molecule has 5 aliphatic rings. The summed E-state index contributed by atoms with van der Waals surface area (Å²) in [7, 11) is 0. The summed E-state index contributed by atoms with van der Waals surface area (Å²) in [5, 5.41) is 9.42. The molecule has 9 atom stereocenters. The molecule has 2 nitrogen and oxygen atoms in total. The highest BCUT2D eigenvalue weighted by molar-refractivity contribution is 5.88. The highest BCUT2D eigenvalue weighted by Crippen LogP contribution is 2.78. The molecule has 1 aromatic carbocycles.